The van der Waals surface area contributed by atoms with Crippen LogP contribution in [0.1, 0.15) is 36.5 Å². The monoisotopic (exact) mass is 282 g/mol. The molecule has 2 rings (SSSR count). The molecule has 21 heavy (non-hydrogen) atoms. The number of carbonyl (C=O) groups is 1. The van der Waals surface area contributed by atoms with Crippen molar-refractivity contribution < 1.29 is 4.79 Å². The van der Waals surface area contributed by atoms with Crippen molar-refractivity contribution >= 4 is 11.7 Å². The SMILES string of the molecule is Cc1ccc(CNC(=O)Nc2ccccc2C(C)C)cc1. The minimum atomic E-state index is -0.177. The minimum absolute atomic E-state index is 0.177. The highest BCUT2D eigenvalue weighted by Gasteiger charge is 2.08. The molecule has 0 saturated heterocycles. The zero-order chi connectivity index (χ0) is 15.2. The largest absolute Gasteiger partial charge is 0.334 e. The van der Waals surface area contributed by atoms with Crippen molar-refractivity contribution in [2.24, 2.45) is 0 Å². The van der Waals surface area contributed by atoms with E-state index in [0.29, 0.717) is 12.5 Å². The second-order valence-corrected chi connectivity index (χ2v) is 5.54. The summed E-state index contributed by atoms with van der Waals surface area (Å²) in [6.07, 6.45) is 0. The molecule has 0 aliphatic rings. The van der Waals surface area contributed by atoms with E-state index in [2.05, 4.69) is 24.5 Å². The molecule has 0 fully saturated rings. The molecule has 0 bridgehead atoms. The topological polar surface area (TPSA) is 41.1 Å². The van der Waals surface area contributed by atoms with E-state index in [9.17, 15) is 4.79 Å². The first-order valence-corrected chi connectivity index (χ1v) is 7.25. The lowest BCUT2D eigenvalue weighted by Crippen LogP contribution is -2.28. The van der Waals surface area contributed by atoms with Crippen molar-refractivity contribution in [3.63, 3.8) is 0 Å². The van der Waals surface area contributed by atoms with Gasteiger partial charge in [-0.05, 0) is 30.0 Å². The van der Waals surface area contributed by atoms with Crippen molar-refractivity contribution in [3.8, 4) is 0 Å². The second-order valence-electron chi connectivity index (χ2n) is 5.54. The number of nitrogens with one attached hydrogen (secondary N) is 2. The smallest absolute Gasteiger partial charge is 0.319 e. The highest BCUT2D eigenvalue weighted by atomic mass is 16.2. The van der Waals surface area contributed by atoms with Gasteiger partial charge in [0.2, 0.25) is 0 Å². The van der Waals surface area contributed by atoms with E-state index < -0.39 is 0 Å². The molecule has 0 aliphatic heterocycles. The first kappa shape index (κ1) is 15.1. The fourth-order valence-corrected chi connectivity index (χ4v) is 2.17. The summed E-state index contributed by atoms with van der Waals surface area (Å²) in [4.78, 5) is 12.0. The van der Waals surface area contributed by atoms with Gasteiger partial charge in [-0.1, -0.05) is 61.9 Å². The van der Waals surface area contributed by atoms with E-state index in [1.807, 2.05) is 55.5 Å². The van der Waals surface area contributed by atoms with Crippen LogP contribution in [-0.2, 0) is 6.54 Å². The highest BCUT2D eigenvalue weighted by Crippen LogP contribution is 2.23. The van der Waals surface area contributed by atoms with Crippen LogP contribution >= 0.6 is 0 Å². The van der Waals surface area contributed by atoms with Crippen LogP contribution in [0.4, 0.5) is 10.5 Å². The number of urea groups is 1. The Morgan fingerprint density at radius 3 is 2.38 bits per heavy atom. The van der Waals surface area contributed by atoms with Gasteiger partial charge in [0.1, 0.15) is 0 Å². The van der Waals surface area contributed by atoms with E-state index in [-0.39, 0.29) is 6.03 Å². The Kier molecular flexibility index (Phi) is 4.99. The molecule has 0 unspecified atom stereocenters. The molecular weight excluding hydrogens is 260 g/mol. The van der Waals surface area contributed by atoms with Gasteiger partial charge < -0.3 is 10.6 Å². The van der Waals surface area contributed by atoms with Crippen LogP contribution in [0.5, 0.6) is 0 Å². The molecule has 0 spiro atoms. The normalized spacial score (nSPS) is 10.5. The van der Waals surface area contributed by atoms with Crippen LogP contribution in [0.25, 0.3) is 0 Å². The predicted octanol–water partition coefficient (Wildman–Crippen LogP) is 4.44. The number of anilines is 1. The molecule has 0 heterocycles. The van der Waals surface area contributed by atoms with Gasteiger partial charge in [0, 0.05) is 12.2 Å². The third-order valence-electron chi connectivity index (χ3n) is 3.40. The van der Waals surface area contributed by atoms with Gasteiger partial charge in [0.25, 0.3) is 0 Å². The van der Waals surface area contributed by atoms with Crippen molar-refractivity contribution in [1.82, 2.24) is 5.32 Å². The summed E-state index contributed by atoms with van der Waals surface area (Å²) in [5, 5.41) is 5.81. The molecule has 110 valence electrons. The van der Waals surface area contributed by atoms with Gasteiger partial charge in [-0.25, -0.2) is 4.79 Å². The second kappa shape index (κ2) is 6.93. The molecule has 2 amide bonds. The molecule has 2 N–H and O–H groups in total. The number of hydrogen-bond donors (Lipinski definition) is 2. The number of carbonyl (C=O) groups excluding carboxylic acids is 1. The first-order chi connectivity index (χ1) is 10.1. The molecule has 0 saturated carbocycles. The summed E-state index contributed by atoms with van der Waals surface area (Å²) in [7, 11) is 0. The highest BCUT2D eigenvalue weighted by molar-refractivity contribution is 5.90. The van der Waals surface area contributed by atoms with E-state index in [1.165, 1.54) is 5.56 Å². The number of rotatable bonds is 4. The average molecular weight is 282 g/mol. The third kappa shape index (κ3) is 4.35. The lowest BCUT2D eigenvalue weighted by Gasteiger charge is -2.14. The average Bonchev–Trinajstić information content (AvgIpc) is 2.47. The number of benzene rings is 2. The molecule has 0 aromatic heterocycles. The maximum atomic E-state index is 12.0. The maximum absolute atomic E-state index is 12.0. The zero-order valence-electron chi connectivity index (χ0n) is 12.8. The van der Waals surface area contributed by atoms with Crippen molar-refractivity contribution in [2.75, 3.05) is 5.32 Å². The Morgan fingerprint density at radius 2 is 1.71 bits per heavy atom. The van der Waals surface area contributed by atoms with Crippen LogP contribution in [0.15, 0.2) is 48.5 Å². The van der Waals surface area contributed by atoms with E-state index >= 15 is 0 Å². The Morgan fingerprint density at radius 1 is 1.05 bits per heavy atom. The van der Waals surface area contributed by atoms with E-state index in [4.69, 9.17) is 0 Å². The van der Waals surface area contributed by atoms with E-state index in [1.54, 1.807) is 0 Å². The van der Waals surface area contributed by atoms with Crippen LogP contribution < -0.4 is 10.6 Å². The summed E-state index contributed by atoms with van der Waals surface area (Å²) in [5.41, 5.74) is 4.32. The number of hydrogen-bond acceptors (Lipinski definition) is 1. The molecular formula is C18H22N2O. The summed E-state index contributed by atoms with van der Waals surface area (Å²) < 4.78 is 0. The van der Waals surface area contributed by atoms with Gasteiger partial charge in [-0.2, -0.15) is 0 Å². The van der Waals surface area contributed by atoms with Gasteiger partial charge in [0.15, 0.2) is 0 Å². The predicted molar refractivity (Wildman–Crippen MR) is 87.6 cm³/mol. The summed E-state index contributed by atoms with van der Waals surface area (Å²) in [5.74, 6) is 0.374. The quantitative estimate of drug-likeness (QED) is 0.855. The fourth-order valence-electron chi connectivity index (χ4n) is 2.17. The van der Waals surface area contributed by atoms with Gasteiger partial charge in [0.05, 0.1) is 0 Å². The maximum Gasteiger partial charge on any atom is 0.319 e. The third-order valence-corrected chi connectivity index (χ3v) is 3.40. The van der Waals surface area contributed by atoms with Crippen molar-refractivity contribution in [1.29, 1.82) is 0 Å². The Labute approximate surface area is 126 Å². The van der Waals surface area contributed by atoms with E-state index in [0.717, 1.165) is 16.8 Å². The molecule has 2 aromatic carbocycles. The summed E-state index contributed by atoms with van der Waals surface area (Å²) in [6, 6.07) is 15.9. The molecule has 0 atom stereocenters. The van der Waals surface area contributed by atoms with Crippen LogP contribution in [0.2, 0.25) is 0 Å². The van der Waals surface area contributed by atoms with Crippen molar-refractivity contribution in [3.05, 3.63) is 65.2 Å². The van der Waals surface area contributed by atoms with Gasteiger partial charge in [-0.3, -0.25) is 0 Å². The first-order valence-electron chi connectivity index (χ1n) is 7.25. The Bertz CT molecular complexity index is 603. The molecule has 3 heteroatoms. The van der Waals surface area contributed by atoms with Crippen LogP contribution in [0.3, 0.4) is 0 Å². The Balaban J connectivity index is 1.94. The fraction of sp³-hybridized carbons (Fsp3) is 0.278. The Hall–Kier alpha value is -2.29. The number of amides is 2. The molecule has 3 nitrogen and oxygen atoms in total. The summed E-state index contributed by atoms with van der Waals surface area (Å²) in [6.45, 7) is 6.80. The van der Waals surface area contributed by atoms with Gasteiger partial charge in [-0.15, -0.1) is 0 Å². The summed E-state index contributed by atoms with van der Waals surface area (Å²) >= 11 is 0. The number of aryl methyl sites for hydroxylation is 1. The van der Waals surface area contributed by atoms with Crippen molar-refractivity contribution in [2.45, 2.75) is 33.2 Å². The zero-order valence-corrected chi connectivity index (χ0v) is 12.8. The number of para-hydroxylation sites is 1. The van der Waals surface area contributed by atoms with Crippen LogP contribution in [-0.4, -0.2) is 6.03 Å². The van der Waals surface area contributed by atoms with Crippen LogP contribution in [0, 0.1) is 6.92 Å². The van der Waals surface area contributed by atoms with Gasteiger partial charge >= 0.3 is 6.03 Å². The molecule has 0 radical (unpaired) electrons. The minimum Gasteiger partial charge on any atom is -0.334 e. The lowest BCUT2D eigenvalue weighted by atomic mass is 10.0. The lowest BCUT2D eigenvalue weighted by molar-refractivity contribution is 0.251. The molecule has 2 aromatic rings. The molecule has 0 aliphatic carbocycles. The standard InChI is InChI=1S/C18H22N2O/c1-13(2)16-6-4-5-7-17(16)20-18(21)19-12-15-10-8-14(3)9-11-15/h4-11,13H,12H2,1-3H3,(H2,19,20,21).